The van der Waals surface area contributed by atoms with Crippen molar-refractivity contribution in [3.63, 3.8) is 0 Å². The molecule has 26 heavy (non-hydrogen) atoms. The average molecular weight is 371 g/mol. The molecule has 1 aromatic carbocycles. The highest BCUT2D eigenvalue weighted by molar-refractivity contribution is 7.71. The Morgan fingerprint density at radius 3 is 2.88 bits per heavy atom. The zero-order valence-electron chi connectivity index (χ0n) is 15.0. The van der Waals surface area contributed by atoms with Gasteiger partial charge < -0.3 is 9.30 Å². The smallest absolute Gasteiger partial charge is 0.325 e. The fourth-order valence-electron chi connectivity index (χ4n) is 2.95. The number of rotatable bonds is 6. The van der Waals surface area contributed by atoms with Gasteiger partial charge in [-0.2, -0.15) is 14.9 Å². The van der Waals surface area contributed by atoms with Gasteiger partial charge in [0.2, 0.25) is 4.77 Å². The number of aromatic amines is 1. The molecule has 0 unspecified atom stereocenters. The standard InChI is InChI=1S/C18H21N5O2S/c1-4-16-20-21-18(26)23(16)19-10-14-12(3)22(11-17(24)25-5-2)15-9-7-6-8-13(14)15/h6-10H,4-5,11H2,1-3H3,(H,21,26)/b19-10-. The Morgan fingerprint density at radius 1 is 1.38 bits per heavy atom. The van der Waals surface area contributed by atoms with E-state index >= 15 is 0 Å². The molecule has 0 atom stereocenters. The van der Waals surface area contributed by atoms with Gasteiger partial charge in [-0.05, 0) is 32.1 Å². The molecule has 0 fully saturated rings. The predicted octanol–water partition coefficient (Wildman–Crippen LogP) is 3.21. The van der Waals surface area contributed by atoms with Crippen LogP contribution in [0.1, 0.15) is 30.9 Å². The molecule has 2 aromatic heterocycles. The van der Waals surface area contributed by atoms with Crippen molar-refractivity contribution in [2.24, 2.45) is 5.10 Å². The van der Waals surface area contributed by atoms with E-state index in [0.29, 0.717) is 17.8 Å². The number of hydrogen-bond acceptors (Lipinski definition) is 5. The summed E-state index contributed by atoms with van der Waals surface area (Å²) in [7, 11) is 0. The van der Waals surface area contributed by atoms with Crippen LogP contribution >= 0.6 is 12.2 Å². The van der Waals surface area contributed by atoms with Crippen LogP contribution in [0.25, 0.3) is 10.9 Å². The van der Waals surface area contributed by atoms with Crippen molar-refractivity contribution in [3.05, 3.63) is 46.1 Å². The first-order chi connectivity index (χ1) is 12.6. The third-order valence-corrected chi connectivity index (χ3v) is 4.47. The van der Waals surface area contributed by atoms with Crippen molar-refractivity contribution in [1.29, 1.82) is 0 Å². The second-order valence-electron chi connectivity index (χ2n) is 5.76. The van der Waals surface area contributed by atoms with Crippen molar-refractivity contribution < 1.29 is 9.53 Å². The number of aryl methyl sites for hydroxylation is 1. The summed E-state index contributed by atoms with van der Waals surface area (Å²) < 4.78 is 9.12. The summed E-state index contributed by atoms with van der Waals surface area (Å²) in [6, 6.07) is 7.92. The van der Waals surface area contributed by atoms with Crippen molar-refractivity contribution in [2.75, 3.05) is 6.61 Å². The molecular formula is C18H21N5O2S. The maximum Gasteiger partial charge on any atom is 0.325 e. The van der Waals surface area contributed by atoms with E-state index < -0.39 is 0 Å². The molecular weight excluding hydrogens is 350 g/mol. The van der Waals surface area contributed by atoms with Gasteiger partial charge in [-0.1, -0.05) is 25.1 Å². The molecule has 2 heterocycles. The lowest BCUT2D eigenvalue weighted by Crippen LogP contribution is -2.14. The molecule has 0 aliphatic rings. The number of fused-ring (bicyclic) bond motifs is 1. The maximum atomic E-state index is 12.0. The Kier molecular flexibility index (Phi) is 5.32. The van der Waals surface area contributed by atoms with Crippen LogP contribution in [-0.2, 0) is 22.5 Å². The van der Waals surface area contributed by atoms with Gasteiger partial charge in [-0.3, -0.25) is 9.89 Å². The number of para-hydroxylation sites is 1. The lowest BCUT2D eigenvalue weighted by atomic mass is 10.1. The fraction of sp³-hybridized carbons (Fsp3) is 0.333. The minimum atomic E-state index is -0.259. The number of nitrogens with zero attached hydrogens (tertiary/aromatic N) is 4. The van der Waals surface area contributed by atoms with Crippen molar-refractivity contribution >= 4 is 35.3 Å². The van der Waals surface area contributed by atoms with Crippen LogP contribution < -0.4 is 0 Å². The number of H-pyrrole nitrogens is 1. The van der Waals surface area contributed by atoms with Gasteiger partial charge >= 0.3 is 5.97 Å². The molecule has 0 saturated carbocycles. The molecule has 0 bridgehead atoms. The Labute approximate surface area is 156 Å². The highest BCUT2D eigenvalue weighted by Crippen LogP contribution is 2.24. The van der Waals surface area contributed by atoms with Crippen molar-refractivity contribution in [1.82, 2.24) is 19.4 Å². The summed E-state index contributed by atoms with van der Waals surface area (Å²) in [5, 5.41) is 12.4. The number of ether oxygens (including phenoxy) is 1. The van der Waals surface area contributed by atoms with E-state index in [2.05, 4.69) is 15.3 Å². The van der Waals surface area contributed by atoms with Gasteiger partial charge in [0.15, 0.2) is 5.82 Å². The van der Waals surface area contributed by atoms with Gasteiger partial charge in [0, 0.05) is 28.6 Å². The molecule has 136 valence electrons. The van der Waals surface area contributed by atoms with Gasteiger partial charge in [-0.15, -0.1) is 0 Å². The van der Waals surface area contributed by atoms with E-state index in [-0.39, 0.29) is 12.5 Å². The third-order valence-electron chi connectivity index (χ3n) is 4.21. The van der Waals surface area contributed by atoms with E-state index in [1.54, 1.807) is 17.8 Å². The monoisotopic (exact) mass is 371 g/mol. The zero-order valence-corrected chi connectivity index (χ0v) is 15.8. The first kappa shape index (κ1) is 18.1. The second-order valence-corrected chi connectivity index (χ2v) is 6.15. The molecule has 0 amide bonds. The largest absolute Gasteiger partial charge is 0.465 e. The van der Waals surface area contributed by atoms with Gasteiger partial charge in [0.25, 0.3) is 0 Å². The van der Waals surface area contributed by atoms with Crippen LogP contribution in [0.15, 0.2) is 29.4 Å². The maximum absolute atomic E-state index is 12.0. The molecule has 0 aliphatic carbocycles. The van der Waals surface area contributed by atoms with E-state index in [4.69, 9.17) is 17.0 Å². The van der Waals surface area contributed by atoms with Crippen LogP contribution in [0.3, 0.4) is 0 Å². The van der Waals surface area contributed by atoms with E-state index in [1.807, 2.05) is 42.7 Å². The van der Waals surface area contributed by atoms with E-state index in [9.17, 15) is 4.79 Å². The summed E-state index contributed by atoms with van der Waals surface area (Å²) in [5.74, 6) is 0.504. The van der Waals surface area contributed by atoms with E-state index in [1.165, 1.54) is 0 Å². The molecule has 1 N–H and O–H groups in total. The number of esters is 1. The Balaban J connectivity index is 2.07. The first-order valence-corrected chi connectivity index (χ1v) is 8.91. The SMILES string of the molecule is CCOC(=O)Cn1c(C)c(/C=N\n2c(CC)n[nH]c2=S)c2ccccc21. The van der Waals surface area contributed by atoms with Crippen LogP contribution in [0, 0.1) is 11.7 Å². The highest BCUT2D eigenvalue weighted by atomic mass is 32.1. The summed E-state index contributed by atoms with van der Waals surface area (Å²) in [6.07, 6.45) is 2.48. The van der Waals surface area contributed by atoms with Crippen molar-refractivity contribution in [2.45, 2.75) is 33.7 Å². The lowest BCUT2D eigenvalue weighted by molar-refractivity contribution is -0.143. The average Bonchev–Trinajstić information content (AvgIpc) is 3.12. The van der Waals surface area contributed by atoms with Gasteiger partial charge in [-0.25, -0.2) is 0 Å². The van der Waals surface area contributed by atoms with Crippen LogP contribution in [0.2, 0.25) is 0 Å². The topological polar surface area (TPSA) is 77.2 Å². The van der Waals surface area contributed by atoms with Crippen LogP contribution in [-0.4, -0.2) is 38.2 Å². The molecule has 7 nitrogen and oxygen atoms in total. The fourth-order valence-corrected chi connectivity index (χ4v) is 3.15. The summed E-state index contributed by atoms with van der Waals surface area (Å²) in [6.45, 7) is 6.29. The Morgan fingerprint density at radius 2 is 2.15 bits per heavy atom. The molecule has 3 rings (SSSR count). The normalized spacial score (nSPS) is 11.5. The van der Waals surface area contributed by atoms with Gasteiger partial charge in [0.1, 0.15) is 6.54 Å². The number of aromatic nitrogens is 4. The van der Waals surface area contributed by atoms with Gasteiger partial charge in [0.05, 0.1) is 12.8 Å². The summed E-state index contributed by atoms with van der Waals surface area (Å²) in [4.78, 5) is 12.0. The summed E-state index contributed by atoms with van der Waals surface area (Å²) >= 11 is 5.24. The number of benzene rings is 1. The Bertz CT molecular complexity index is 1030. The molecule has 3 aromatic rings. The van der Waals surface area contributed by atoms with Crippen LogP contribution in [0.5, 0.6) is 0 Å². The van der Waals surface area contributed by atoms with E-state index in [0.717, 1.165) is 28.0 Å². The minimum absolute atomic E-state index is 0.166. The quantitative estimate of drug-likeness (QED) is 0.410. The lowest BCUT2D eigenvalue weighted by Gasteiger charge is -2.07. The minimum Gasteiger partial charge on any atom is -0.465 e. The highest BCUT2D eigenvalue weighted by Gasteiger charge is 2.15. The van der Waals surface area contributed by atoms with Crippen LogP contribution in [0.4, 0.5) is 0 Å². The number of hydrogen-bond donors (Lipinski definition) is 1. The first-order valence-electron chi connectivity index (χ1n) is 8.50. The molecule has 0 radical (unpaired) electrons. The Hall–Kier alpha value is -2.74. The second kappa shape index (κ2) is 7.65. The molecule has 0 saturated heterocycles. The summed E-state index contributed by atoms with van der Waals surface area (Å²) in [5.41, 5.74) is 2.84. The molecule has 0 spiro atoms. The van der Waals surface area contributed by atoms with Crippen molar-refractivity contribution in [3.8, 4) is 0 Å². The third kappa shape index (κ3) is 3.32. The number of carbonyl (C=O) groups is 1. The zero-order chi connectivity index (χ0) is 18.7. The molecule has 0 aliphatic heterocycles. The molecule has 8 heteroatoms. The predicted molar refractivity (Wildman–Crippen MR) is 103 cm³/mol. The number of carbonyl (C=O) groups excluding carboxylic acids is 1. The number of nitrogens with one attached hydrogen (secondary N) is 1.